The number of aromatic amines is 1. The van der Waals surface area contributed by atoms with Crippen molar-refractivity contribution in [2.24, 2.45) is 0 Å². The van der Waals surface area contributed by atoms with E-state index in [1.165, 1.54) is 6.33 Å². The predicted octanol–water partition coefficient (Wildman–Crippen LogP) is 1.45. The summed E-state index contributed by atoms with van der Waals surface area (Å²) < 4.78 is 14.0. The summed E-state index contributed by atoms with van der Waals surface area (Å²) in [4.78, 5) is 6.62. The fraction of sp³-hybridized carbons (Fsp3) is 0.375. The molecule has 0 saturated carbocycles. The Labute approximate surface area is 80.1 Å². The van der Waals surface area contributed by atoms with E-state index in [2.05, 4.69) is 21.3 Å². The molecule has 1 aromatic heterocycles. The molecule has 0 saturated heterocycles. The van der Waals surface area contributed by atoms with Crippen molar-refractivity contribution < 1.29 is 4.21 Å². The second-order valence-electron chi connectivity index (χ2n) is 3.14. The van der Waals surface area contributed by atoms with E-state index in [0.717, 1.165) is 0 Å². The van der Waals surface area contributed by atoms with Gasteiger partial charge in [-0.1, -0.05) is 6.08 Å². The van der Waals surface area contributed by atoms with Crippen LogP contribution in [0.25, 0.3) is 0 Å². The highest BCUT2D eigenvalue weighted by molar-refractivity contribution is 7.87. The molecule has 0 aliphatic carbocycles. The third kappa shape index (κ3) is 2.42. The Morgan fingerprint density at radius 2 is 2.46 bits per heavy atom. The Balaban J connectivity index is 2.66. The summed E-state index contributed by atoms with van der Waals surface area (Å²) in [6, 6.07) is 0. The summed E-state index contributed by atoms with van der Waals surface area (Å²) in [6.07, 6.45) is 4.77. The predicted molar refractivity (Wildman–Crippen MR) is 54.6 cm³/mol. The average Bonchev–Trinajstić information content (AvgIpc) is 2.57. The van der Waals surface area contributed by atoms with Gasteiger partial charge < -0.3 is 4.98 Å². The van der Waals surface area contributed by atoms with Crippen LogP contribution < -0.4 is 4.72 Å². The fourth-order valence-electron chi connectivity index (χ4n) is 0.619. The molecule has 0 aliphatic heterocycles. The molecule has 4 nitrogen and oxygen atoms in total. The molecule has 1 aromatic rings. The lowest BCUT2D eigenvalue weighted by Crippen LogP contribution is -2.28. The van der Waals surface area contributed by atoms with Gasteiger partial charge in [0.25, 0.3) is 0 Å². The number of aromatic nitrogens is 2. The van der Waals surface area contributed by atoms with Crippen LogP contribution in [0.15, 0.2) is 25.2 Å². The maximum Gasteiger partial charge on any atom is 0.135 e. The van der Waals surface area contributed by atoms with Crippen molar-refractivity contribution in [3.05, 3.63) is 25.2 Å². The Morgan fingerprint density at radius 1 is 1.77 bits per heavy atom. The summed E-state index contributed by atoms with van der Waals surface area (Å²) in [5, 5.41) is 0. The maximum absolute atomic E-state index is 11.6. The van der Waals surface area contributed by atoms with Crippen LogP contribution in [0.1, 0.15) is 13.8 Å². The molecule has 0 spiro atoms. The van der Waals surface area contributed by atoms with Gasteiger partial charge in [-0.2, -0.15) is 0 Å². The first-order valence-corrected chi connectivity index (χ1v) is 5.02. The minimum Gasteiger partial charge on any atom is -0.331 e. The summed E-state index contributed by atoms with van der Waals surface area (Å²) in [7, 11) is -1.20. The van der Waals surface area contributed by atoms with Crippen LogP contribution in [0.5, 0.6) is 0 Å². The van der Waals surface area contributed by atoms with Crippen molar-refractivity contribution >= 4 is 16.8 Å². The van der Waals surface area contributed by atoms with Gasteiger partial charge in [-0.05, 0) is 13.8 Å². The van der Waals surface area contributed by atoms with Crippen LogP contribution in [-0.4, -0.2) is 18.9 Å². The largest absolute Gasteiger partial charge is 0.331 e. The zero-order valence-corrected chi connectivity index (χ0v) is 8.52. The molecule has 2 N–H and O–H groups in total. The number of nitrogens with zero attached hydrogens (tertiary/aromatic N) is 1. The molecule has 0 radical (unpaired) electrons. The second kappa shape index (κ2) is 3.74. The minimum atomic E-state index is -1.20. The van der Waals surface area contributed by atoms with E-state index in [9.17, 15) is 4.21 Å². The molecule has 0 bridgehead atoms. The van der Waals surface area contributed by atoms with E-state index >= 15 is 0 Å². The number of nitrogens with one attached hydrogen (secondary N) is 2. The molecular weight excluding hydrogens is 186 g/mol. The highest BCUT2D eigenvalue weighted by atomic mass is 32.2. The van der Waals surface area contributed by atoms with Gasteiger partial charge in [0.05, 0.1) is 17.3 Å². The topological polar surface area (TPSA) is 57.8 Å². The van der Waals surface area contributed by atoms with Crippen molar-refractivity contribution in [1.29, 1.82) is 0 Å². The van der Waals surface area contributed by atoms with Crippen LogP contribution in [0, 0.1) is 0 Å². The molecule has 1 unspecified atom stereocenters. The smallest absolute Gasteiger partial charge is 0.135 e. The van der Waals surface area contributed by atoms with Gasteiger partial charge in [-0.15, -0.1) is 6.58 Å². The van der Waals surface area contributed by atoms with Crippen molar-refractivity contribution in [3.63, 3.8) is 0 Å². The molecule has 0 fully saturated rings. The summed E-state index contributed by atoms with van der Waals surface area (Å²) in [6.45, 7) is 7.32. The Kier molecular flexibility index (Phi) is 2.87. The third-order valence-corrected chi connectivity index (χ3v) is 3.20. The van der Waals surface area contributed by atoms with Gasteiger partial charge in [-0.25, -0.2) is 9.19 Å². The van der Waals surface area contributed by atoms with Crippen molar-refractivity contribution in [3.8, 4) is 0 Å². The van der Waals surface area contributed by atoms with Crippen LogP contribution in [-0.2, 0) is 11.0 Å². The van der Waals surface area contributed by atoms with Crippen LogP contribution >= 0.6 is 0 Å². The molecule has 1 heterocycles. The highest BCUT2D eigenvalue weighted by Crippen LogP contribution is 2.15. The number of rotatable bonds is 4. The molecule has 0 amide bonds. The lowest BCUT2D eigenvalue weighted by Gasteiger charge is -2.18. The monoisotopic (exact) mass is 199 g/mol. The standard InChI is InChI=1S/C8H13N3OS/c1-4-8(2,3)13(12)11-7-5-9-6-10-7/h4-6,11H,1H2,2-3H3,(H,9,10). The summed E-state index contributed by atoms with van der Waals surface area (Å²) in [5.74, 6) is 0.647. The molecule has 0 aliphatic rings. The van der Waals surface area contributed by atoms with Gasteiger partial charge in [0.15, 0.2) is 0 Å². The number of H-pyrrole nitrogens is 1. The zero-order chi connectivity index (χ0) is 9.90. The van der Waals surface area contributed by atoms with Gasteiger partial charge >= 0.3 is 0 Å². The van der Waals surface area contributed by atoms with Crippen molar-refractivity contribution in [1.82, 2.24) is 9.97 Å². The second-order valence-corrected chi connectivity index (χ2v) is 4.94. The van der Waals surface area contributed by atoms with Gasteiger partial charge in [0.1, 0.15) is 16.8 Å². The van der Waals surface area contributed by atoms with Gasteiger partial charge in [0, 0.05) is 0 Å². The Bertz CT molecular complexity index is 305. The normalized spacial score (nSPS) is 13.7. The zero-order valence-electron chi connectivity index (χ0n) is 7.70. The van der Waals surface area contributed by atoms with E-state index in [0.29, 0.717) is 5.82 Å². The van der Waals surface area contributed by atoms with Crippen molar-refractivity contribution in [2.75, 3.05) is 4.72 Å². The Morgan fingerprint density at radius 3 is 2.92 bits per heavy atom. The number of hydrogen-bond donors (Lipinski definition) is 2. The summed E-state index contributed by atoms with van der Waals surface area (Å²) in [5.41, 5.74) is 0. The van der Waals surface area contributed by atoms with Gasteiger partial charge in [-0.3, -0.25) is 4.72 Å². The lowest BCUT2D eigenvalue weighted by molar-refractivity contribution is 0.667. The SMILES string of the molecule is C=CC(C)(C)S(=O)Nc1cnc[nH]1. The summed E-state index contributed by atoms with van der Waals surface area (Å²) >= 11 is 0. The lowest BCUT2D eigenvalue weighted by atomic mass is 10.2. The molecule has 1 atom stereocenters. The van der Waals surface area contributed by atoms with Crippen LogP contribution in [0.2, 0.25) is 0 Å². The van der Waals surface area contributed by atoms with Crippen molar-refractivity contribution in [2.45, 2.75) is 18.6 Å². The maximum atomic E-state index is 11.6. The quantitative estimate of drug-likeness (QED) is 0.721. The average molecular weight is 199 g/mol. The number of anilines is 1. The molecule has 1 rings (SSSR count). The fourth-order valence-corrected chi connectivity index (χ4v) is 1.34. The first kappa shape index (κ1) is 9.98. The van der Waals surface area contributed by atoms with E-state index in [1.54, 1.807) is 12.3 Å². The van der Waals surface area contributed by atoms with Crippen LogP contribution in [0.3, 0.4) is 0 Å². The van der Waals surface area contributed by atoms with E-state index in [1.807, 2.05) is 13.8 Å². The van der Waals surface area contributed by atoms with E-state index in [4.69, 9.17) is 0 Å². The van der Waals surface area contributed by atoms with E-state index in [-0.39, 0.29) is 0 Å². The molecule has 0 aromatic carbocycles. The number of hydrogen-bond acceptors (Lipinski definition) is 2. The van der Waals surface area contributed by atoms with E-state index < -0.39 is 15.7 Å². The van der Waals surface area contributed by atoms with Crippen LogP contribution in [0.4, 0.5) is 5.82 Å². The molecular formula is C8H13N3OS. The highest BCUT2D eigenvalue weighted by Gasteiger charge is 2.22. The third-order valence-electron chi connectivity index (χ3n) is 1.67. The molecule has 13 heavy (non-hydrogen) atoms. The first-order valence-electron chi connectivity index (χ1n) is 3.87. The molecule has 5 heteroatoms. The number of imidazole rings is 1. The molecule has 72 valence electrons. The van der Waals surface area contributed by atoms with Gasteiger partial charge in [0.2, 0.25) is 0 Å². The first-order chi connectivity index (χ1) is 6.06. The Hall–Kier alpha value is -1.10. The minimum absolute atomic E-state index is 0.453.